The molecule has 0 saturated carbocycles. The number of nitrogens with zero attached hydrogens (tertiary/aromatic N) is 2. The SMILES string of the molecule is CCCn1nc(C)c(C(=O)c2ccc(S(C)(=O)=O)c(C(C)=C(C)C)c2C)c1OS(=O)(=O)C(F)(F)F. The second-order valence-electron chi connectivity index (χ2n) is 8.31. The van der Waals surface area contributed by atoms with Gasteiger partial charge in [-0.05, 0) is 69.9 Å². The van der Waals surface area contributed by atoms with E-state index in [1.807, 2.05) is 0 Å². The summed E-state index contributed by atoms with van der Waals surface area (Å²) in [4.78, 5) is 13.6. The average Bonchev–Trinajstić information content (AvgIpc) is 2.99. The number of hydrogen-bond donors (Lipinski definition) is 0. The first-order chi connectivity index (χ1) is 15.8. The fourth-order valence-corrected chi connectivity index (χ4v) is 4.98. The first-order valence-electron chi connectivity index (χ1n) is 10.5. The topological polar surface area (TPSA) is 112 Å². The summed E-state index contributed by atoms with van der Waals surface area (Å²) in [7, 11) is -9.78. The van der Waals surface area contributed by atoms with Crippen molar-refractivity contribution in [2.75, 3.05) is 6.26 Å². The van der Waals surface area contributed by atoms with Crippen LogP contribution in [0.3, 0.4) is 0 Å². The Hall–Kier alpha value is -2.67. The molecule has 0 N–H and O–H groups in total. The van der Waals surface area contributed by atoms with Gasteiger partial charge in [0, 0.05) is 18.4 Å². The molecule has 194 valence electrons. The van der Waals surface area contributed by atoms with Crippen molar-refractivity contribution in [3.63, 3.8) is 0 Å². The standard InChI is InChI=1S/C22H27F3N2O6S2/c1-8-11-27-21(33-35(31,32)22(23,24)25)19(15(6)26-27)20(28)16-9-10-17(34(7,29)30)18(14(16)5)13(4)12(2)3/h9-10H,8,11H2,1-7H3. The molecule has 0 amide bonds. The molecule has 1 heterocycles. The van der Waals surface area contributed by atoms with Crippen LogP contribution in [0.2, 0.25) is 0 Å². The quantitative estimate of drug-likeness (QED) is 0.276. The highest BCUT2D eigenvalue weighted by molar-refractivity contribution is 7.90. The van der Waals surface area contributed by atoms with E-state index in [0.29, 0.717) is 17.6 Å². The third kappa shape index (κ3) is 5.61. The number of allylic oxidation sites excluding steroid dienone is 2. The van der Waals surface area contributed by atoms with Gasteiger partial charge in [-0.1, -0.05) is 12.5 Å². The summed E-state index contributed by atoms with van der Waals surface area (Å²) in [5.74, 6) is -1.70. The Balaban J connectivity index is 2.87. The Labute approximate surface area is 202 Å². The van der Waals surface area contributed by atoms with Crippen molar-refractivity contribution in [3.05, 3.63) is 45.7 Å². The molecule has 0 bridgehead atoms. The second kappa shape index (κ2) is 9.76. The number of benzene rings is 1. The summed E-state index contributed by atoms with van der Waals surface area (Å²) in [5.41, 5.74) is -4.29. The van der Waals surface area contributed by atoms with Crippen LogP contribution in [-0.2, 0) is 26.5 Å². The van der Waals surface area contributed by atoms with Crippen LogP contribution in [0.25, 0.3) is 5.57 Å². The lowest BCUT2D eigenvalue weighted by atomic mass is 9.91. The van der Waals surface area contributed by atoms with Crippen LogP contribution in [0.1, 0.15) is 66.9 Å². The predicted octanol–water partition coefficient (Wildman–Crippen LogP) is 4.59. The molecule has 2 rings (SSSR count). The highest BCUT2D eigenvalue weighted by atomic mass is 32.2. The van der Waals surface area contributed by atoms with Crippen molar-refractivity contribution in [1.29, 1.82) is 0 Å². The monoisotopic (exact) mass is 536 g/mol. The lowest BCUT2D eigenvalue weighted by Crippen LogP contribution is -2.29. The molecule has 35 heavy (non-hydrogen) atoms. The van der Waals surface area contributed by atoms with Crippen molar-refractivity contribution >= 4 is 31.3 Å². The zero-order chi connectivity index (χ0) is 27.1. The van der Waals surface area contributed by atoms with Gasteiger partial charge in [0.15, 0.2) is 9.84 Å². The molecule has 0 radical (unpaired) electrons. The van der Waals surface area contributed by atoms with Gasteiger partial charge in [-0.3, -0.25) is 4.79 Å². The molecular weight excluding hydrogens is 509 g/mol. The third-order valence-electron chi connectivity index (χ3n) is 5.41. The Morgan fingerprint density at radius 3 is 2.09 bits per heavy atom. The van der Waals surface area contributed by atoms with Gasteiger partial charge < -0.3 is 4.18 Å². The maximum Gasteiger partial charge on any atom is 0.534 e. The van der Waals surface area contributed by atoms with Crippen LogP contribution in [0, 0.1) is 13.8 Å². The van der Waals surface area contributed by atoms with Crippen LogP contribution in [0.5, 0.6) is 5.88 Å². The largest absolute Gasteiger partial charge is 0.534 e. The smallest absolute Gasteiger partial charge is 0.355 e. The van der Waals surface area contributed by atoms with Gasteiger partial charge in [0.1, 0.15) is 5.56 Å². The molecule has 1 aromatic heterocycles. The maximum atomic E-state index is 13.6. The van der Waals surface area contributed by atoms with Gasteiger partial charge in [0.25, 0.3) is 0 Å². The van der Waals surface area contributed by atoms with E-state index in [0.717, 1.165) is 16.5 Å². The van der Waals surface area contributed by atoms with Gasteiger partial charge in [0.2, 0.25) is 11.7 Å². The van der Waals surface area contributed by atoms with Crippen molar-refractivity contribution in [1.82, 2.24) is 9.78 Å². The van der Waals surface area contributed by atoms with Crippen LogP contribution >= 0.6 is 0 Å². The maximum absolute atomic E-state index is 13.6. The summed E-state index contributed by atoms with van der Waals surface area (Å²) in [6.45, 7) is 9.76. The van der Waals surface area contributed by atoms with Crippen LogP contribution < -0.4 is 4.18 Å². The number of rotatable bonds is 8. The first kappa shape index (κ1) is 28.6. The van der Waals surface area contributed by atoms with Gasteiger partial charge >= 0.3 is 15.6 Å². The highest BCUT2D eigenvalue weighted by Crippen LogP contribution is 2.35. The molecule has 0 saturated heterocycles. The third-order valence-corrected chi connectivity index (χ3v) is 7.49. The number of carbonyl (C=O) groups is 1. The number of carbonyl (C=O) groups excluding carboxylic acids is 1. The zero-order valence-corrected chi connectivity index (χ0v) is 22.0. The van der Waals surface area contributed by atoms with Gasteiger partial charge in [0.05, 0.1) is 10.6 Å². The van der Waals surface area contributed by atoms with E-state index in [2.05, 4.69) is 9.28 Å². The average molecular weight is 537 g/mol. The minimum Gasteiger partial charge on any atom is -0.355 e. The molecular formula is C22H27F3N2O6S2. The number of aryl methyl sites for hydroxylation is 2. The van der Waals surface area contributed by atoms with Crippen molar-refractivity contribution in [3.8, 4) is 5.88 Å². The van der Waals surface area contributed by atoms with Gasteiger partial charge in [-0.2, -0.15) is 26.7 Å². The number of sulfone groups is 1. The fourth-order valence-electron chi connectivity index (χ4n) is 3.51. The number of ketones is 1. The highest BCUT2D eigenvalue weighted by Gasteiger charge is 2.50. The van der Waals surface area contributed by atoms with Gasteiger partial charge in [-0.15, -0.1) is 0 Å². The predicted molar refractivity (Wildman–Crippen MR) is 125 cm³/mol. The van der Waals surface area contributed by atoms with Crippen LogP contribution in [-0.4, -0.2) is 44.2 Å². The number of aromatic nitrogens is 2. The summed E-state index contributed by atoms with van der Waals surface area (Å²) in [5, 5.41) is 4.02. The van der Waals surface area contributed by atoms with E-state index in [9.17, 15) is 34.8 Å². The molecule has 0 fully saturated rings. The van der Waals surface area contributed by atoms with E-state index in [1.165, 1.54) is 26.0 Å². The Kier molecular flexibility index (Phi) is 7.97. The number of hydrogen-bond acceptors (Lipinski definition) is 7. The lowest BCUT2D eigenvalue weighted by Gasteiger charge is -2.17. The minimum absolute atomic E-state index is 0.00897. The molecule has 0 aliphatic carbocycles. The molecule has 1 aromatic carbocycles. The second-order valence-corrected chi connectivity index (χ2v) is 11.8. The van der Waals surface area contributed by atoms with Crippen LogP contribution in [0.15, 0.2) is 22.6 Å². The number of halogens is 3. The molecule has 13 heteroatoms. The Bertz CT molecular complexity index is 1420. The van der Waals surface area contributed by atoms with E-state index in [-0.39, 0.29) is 28.3 Å². The molecule has 0 unspecified atom stereocenters. The normalized spacial score (nSPS) is 12.5. The molecule has 0 aliphatic rings. The van der Waals surface area contributed by atoms with Crippen molar-refractivity contribution in [2.24, 2.45) is 0 Å². The Morgan fingerprint density at radius 2 is 1.63 bits per heavy atom. The van der Waals surface area contributed by atoms with E-state index in [1.54, 1.807) is 27.7 Å². The van der Waals surface area contributed by atoms with Gasteiger partial charge in [-0.25, -0.2) is 13.1 Å². The zero-order valence-electron chi connectivity index (χ0n) is 20.4. The van der Waals surface area contributed by atoms with Crippen molar-refractivity contribution < 1.29 is 39.0 Å². The number of alkyl halides is 3. The van der Waals surface area contributed by atoms with Crippen LogP contribution in [0.4, 0.5) is 13.2 Å². The van der Waals surface area contributed by atoms with E-state index >= 15 is 0 Å². The summed E-state index contributed by atoms with van der Waals surface area (Å²) < 4.78 is 92.8. The summed E-state index contributed by atoms with van der Waals surface area (Å²) >= 11 is 0. The first-order valence-corrected chi connectivity index (χ1v) is 13.8. The summed E-state index contributed by atoms with van der Waals surface area (Å²) in [6, 6.07) is 2.49. The van der Waals surface area contributed by atoms with Crippen molar-refractivity contribution in [2.45, 2.75) is 64.9 Å². The lowest BCUT2D eigenvalue weighted by molar-refractivity contribution is -0.0502. The molecule has 0 atom stereocenters. The fraction of sp³-hybridized carbons (Fsp3) is 0.455. The molecule has 8 nitrogen and oxygen atoms in total. The Morgan fingerprint density at radius 1 is 1.06 bits per heavy atom. The molecule has 0 spiro atoms. The summed E-state index contributed by atoms with van der Waals surface area (Å²) in [6.07, 6.45) is 1.39. The van der Waals surface area contributed by atoms with E-state index in [4.69, 9.17) is 0 Å². The molecule has 2 aromatic rings. The molecule has 0 aliphatic heterocycles. The van der Waals surface area contributed by atoms with E-state index < -0.39 is 42.7 Å². The minimum atomic E-state index is -6.09.